The third-order valence-electron chi connectivity index (χ3n) is 4.34. The van der Waals surface area contributed by atoms with Crippen molar-refractivity contribution in [3.05, 3.63) is 64.7 Å². The van der Waals surface area contributed by atoms with Crippen LogP contribution in [0.15, 0.2) is 48.5 Å². The zero-order valence-electron chi connectivity index (χ0n) is 16.3. The number of hydrogen-bond donors (Lipinski definition) is 1. The van der Waals surface area contributed by atoms with Crippen molar-refractivity contribution in [1.29, 1.82) is 0 Å². The van der Waals surface area contributed by atoms with Gasteiger partial charge in [-0.15, -0.1) is 11.8 Å². The Labute approximate surface area is 175 Å². The van der Waals surface area contributed by atoms with Crippen LogP contribution in [-0.2, 0) is 21.9 Å². The Morgan fingerprint density at radius 1 is 1.21 bits per heavy atom. The van der Waals surface area contributed by atoms with Crippen LogP contribution in [-0.4, -0.2) is 42.7 Å². The van der Waals surface area contributed by atoms with Gasteiger partial charge in [0.1, 0.15) is 11.8 Å². The average molecular weight is 421 g/mol. The minimum atomic E-state index is -0.579. The summed E-state index contributed by atoms with van der Waals surface area (Å²) < 4.78 is 5.25. The van der Waals surface area contributed by atoms with Crippen LogP contribution < -0.4 is 10.1 Å². The van der Waals surface area contributed by atoms with Gasteiger partial charge in [0.25, 0.3) is 0 Å². The van der Waals surface area contributed by atoms with E-state index in [4.69, 9.17) is 16.3 Å². The normalized spacial score (nSPS) is 11.6. The van der Waals surface area contributed by atoms with E-state index in [-0.39, 0.29) is 17.6 Å². The molecule has 150 valence electrons. The number of thioether (sulfide) groups is 1. The van der Waals surface area contributed by atoms with Crippen LogP contribution in [0.1, 0.15) is 18.1 Å². The first kappa shape index (κ1) is 22.1. The molecule has 0 bridgehead atoms. The lowest BCUT2D eigenvalue weighted by Gasteiger charge is -2.28. The van der Waals surface area contributed by atoms with Crippen molar-refractivity contribution in [1.82, 2.24) is 10.2 Å². The molecule has 28 heavy (non-hydrogen) atoms. The minimum Gasteiger partial charge on any atom is -0.497 e. The van der Waals surface area contributed by atoms with Gasteiger partial charge in [-0.1, -0.05) is 41.9 Å². The maximum absolute atomic E-state index is 12.9. The first-order valence-corrected chi connectivity index (χ1v) is 10.4. The summed E-state index contributed by atoms with van der Waals surface area (Å²) in [4.78, 5) is 26.6. The molecular formula is C21H25ClN2O3S. The fourth-order valence-electron chi connectivity index (χ4n) is 2.71. The Hall–Kier alpha value is -2.18. The summed E-state index contributed by atoms with van der Waals surface area (Å²) in [5.41, 5.74) is 1.89. The highest BCUT2D eigenvalue weighted by molar-refractivity contribution is 7.99. The van der Waals surface area contributed by atoms with Gasteiger partial charge in [-0.25, -0.2) is 0 Å². The quantitative estimate of drug-likeness (QED) is 0.671. The number of methoxy groups -OCH3 is 1. The summed E-state index contributed by atoms with van der Waals surface area (Å²) in [7, 11) is 3.17. The molecule has 2 rings (SSSR count). The third-order valence-corrected chi connectivity index (χ3v) is 5.68. The molecular weight excluding hydrogens is 396 g/mol. The van der Waals surface area contributed by atoms with Gasteiger partial charge >= 0.3 is 0 Å². The molecule has 0 aliphatic rings. The van der Waals surface area contributed by atoms with Gasteiger partial charge < -0.3 is 15.0 Å². The number of halogens is 1. The van der Waals surface area contributed by atoms with E-state index in [1.165, 1.54) is 11.8 Å². The number of hydrogen-bond acceptors (Lipinski definition) is 4. The van der Waals surface area contributed by atoms with Crippen LogP contribution in [0, 0.1) is 0 Å². The maximum Gasteiger partial charge on any atom is 0.242 e. The number of amides is 2. The second kappa shape index (κ2) is 11.0. The highest BCUT2D eigenvalue weighted by atomic mass is 35.5. The molecule has 1 N–H and O–H groups in total. The first-order chi connectivity index (χ1) is 13.5. The van der Waals surface area contributed by atoms with Crippen molar-refractivity contribution >= 4 is 35.2 Å². The van der Waals surface area contributed by atoms with E-state index in [9.17, 15) is 9.59 Å². The third kappa shape index (κ3) is 6.17. The van der Waals surface area contributed by atoms with Crippen LogP contribution in [0.2, 0.25) is 5.02 Å². The number of rotatable bonds is 9. The molecule has 1 atom stereocenters. The van der Waals surface area contributed by atoms with Gasteiger partial charge in [0.15, 0.2) is 0 Å². The topological polar surface area (TPSA) is 58.6 Å². The van der Waals surface area contributed by atoms with Gasteiger partial charge in [0.2, 0.25) is 11.8 Å². The summed E-state index contributed by atoms with van der Waals surface area (Å²) in [5.74, 6) is 1.30. The number of ether oxygens (including phenoxy) is 1. The fourth-order valence-corrected chi connectivity index (χ4v) is 3.90. The standard InChI is InChI=1S/C21H25ClN2O3S/c1-15(21(26)23-2)24(12-16-7-6-9-18(11-16)27-3)20(25)14-28-13-17-8-4-5-10-19(17)22/h4-11,15H,12-14H2,1-3H3,(H,23,26)/t15-/m0/s1. The van der Waals surface area contributed by atoms with Crippen molar-refractivity contribution in [3.8, 4) is 5.75 Å². The zero-order chi connectivity index (χ0) is 20.5. The largest absolute Gasteiger partial charge is 0.497 e. The van der Waals surface area contributed by atoms with E-state index in [0.29, 0.717) is 23.1 Å². The van der Waals surface area contributed by atoms with Crippen molar-refractivity contribution in [2.75, 3.05) is 19.9 Å². The van der Waals surface area contributed by atoms with Crippen LogP contribution >= 0.6 is 23.4 Å². The molecule has 0 aliphatic carbocycles. The van der Waals surface area contributed by atoms with E-state index in [1.807, 2.05) is 48.5 Å². The number of benzene rings is 2. The van der Waals surface area contributed by atoms with E-state index in [0.717, 1.165) is 11.1 Å². The van der Waals surface area contributed by atoms with E-state index in [2.05, 4.69) is 5.32 Å². The van der Waals surface area contributed by atoms with Crippen molar-refractivity contribution in [2.45, 2.75) is 25.3 Å². The molecule has 2 amide bonds. The molecule has 0 fully saturated rings. The van der Waals surface area contributed by atoms with Crippen LogP contribution in [0.25, 0.3) is 0 Å². The maximum atomic E-state index is 12.9. The first-order valence-electron chi connectivity index (χ1n) is 8.91. The molecule has 0 aromatic heterocycles. The minimum absolute atomic E-state index is 0.101. The molecule has 5 nitrogen and oxygen atoms in total. The summed E-state index contributed by atoms with van der Waals surface area (Å²) >= 11 is 7.66. The van der Waals surface area contributed by atoms with Crippen LogP contribution in [0.3, 0.4) is 0 Å². The second-order valence-corrected chi connectivity index (χ2v) is 7.64. The zero-order valence-corrected chi connectivity index (χ0v) is 17.8. The highest BCUT2D eigenvalue weighted by Gasteiger charge is 2.25. The molecule has 0 spiro atoms. The number of nitrogens with zero attached hydrogens (tertiary/aromatic N) is 1. The smallest absolute Gasteiger partial charge is 0.242 e. The van der Waals surface area contributed by atoms with Gasteiger partial charge in [0.05, 0.1) is 12.9 Å². The van der Waals surface area contributed by atoms with Crippen molar-refractivity contribution in [2.24, 2.45) is 0 Å². The summed E-state index contributed by atoms with van der Waals surface area (Å²) in [6.45, 7) is 2.06. The molecule has 0 saturated heterocycles. The van der Waals surface area contributed by atoms with Crippen LogP contribution in [0.5, 0.6) is 5.75 Å². The van der Waals surface area contributed by atoms with E-state index >= 15 is 0 Å². The number of carbonyl (C=O) groups excluding carboxylic acids is 2. The Balaban J connectivity index is 2.08. The molecule has 7 heteroatoms. The molecule has 0 radical (unpaired) electrons. The number of carbonyl (C=O) groups is 2. The average Bonchev–Trinajstić information content (AvgIpc) is 2.72. The Morgan fingerprint density at radius 2 is 1.96 bits per heavy atom. The molecule has 2 aromatic carbocycles. The summed E-state index contributed by atoms with van der Waals surface area (Å²) in [6, 6.07) is 14.5. The SMILES string of the molecule is CNC(=O)[C@H](C)N(Cc1cccc(OC)c1)C(=O)CSCc1ccccc1Cl. The van der Waals surface area contributed by atoms with E-state index < -0.39 is 6.04 Å². The van der Waals surface area contributed by atoms with Crippen LogP contribution in [0.4, 0.5) is 0 Å². The monoisotopic (exact) mass is 420 g/mol. The Bertz CT molecular complexity index is 816. The molecule has 0 aliphatic heterocycles. The predicted molar refractivity (Wildman–Crippen MR) is 115 cm³/mol. The lowest BCUT2D eigenvalue weighted by atomic mass is 10.1. The molecule has 2 aromatic rings. The van der Waals surface area contributed by atoms with Gasteiger partial charge in [0, 0.05) is 24.4 Å². The van der Waals surface area contributed by atoms with E-state index in [1.54, 1.807) is 26.0 Å². The number of likely N-dealkylation sites (N-methyl/N-ethyl adjacent to an activating group) is 1. The van der Waals surface area contributed by atoms with Crippen molar-refractivity contribution in [3.63, 3.8) is 0 Å². The van der Waals surface area contributed by atoms with Gasteiger partial charge in [-0.05, 0) is 36.2 Å². The van der Waals surface area contributed by atoms with Gasteiger partial charge in [-0.3, -0.25) is 9.59 Å². The lowest BCUT2D eigenvalue weighted by Crippen LogP contribution is -2.47. The highest BCUT2D eigenvalue weighted by Crippen LogP contribution is 2.22. The molecule has 0 unspecified atom stereocenters. The Kier molecular flexibility index (Phi) is 8.67. The number of nitrogens with one attached hydrogen (secondary N) is 1. The van der Waals surface area contributed by atoms with Gasteiger partial charge in [-0.2, -0.15) is 0 Å². The summed E-state index contributed by atoms with van der Waals surface area (Å²) in [6.07, 6.45) is 0. The summed E-state index contributed by atoms with van der Waals surface area (Å²) in [5, 5.41) is 3.31. The lowest BCUT2D eigenvalue weighted by molar-refractivity contribution is -0.138. The molecule has 0 saturated carbocycles. The Morgan fingerprint density at radius 3 is 2.64 bits per heavy atom. The second-order valence-electron chi connectivity index (χ2n) is 6.25. The fraction of sp³-hybridized carbons (Fsp3) is 0.333. The molecule has 0 heterocycles. The predicted octanol–water partition coefficient (Wildman–Crippen LogP) is 3.75. The van der Waals surface area contributed by atoms with Crippen molar-refractivity contribution < 1.29 is 14.3 Å².